The van der Waals surface area contributed by atoms with Crippen molar-refractivity contribution >= 4 is 0 Å². The number of hydrogen-bond acceptors (Lipinski definition) is 2. The molecule has 138 valence electrons. The Bertz CT molecular complexity index is 432. The first-order chi connectivity index (χ1) is 11.6. The number of phenols is 2. The van der Waals surface area contributed by atoms with Crippen LogP contribution in [0.15, 0.2) is 18.2 Å². The fraction of sp³-hybridized carbons (Fsp3) is 0.727. The lowest BCUT2D eigenvalue weighted by Gasteiger charge is -2.35. The zero-order valence-corrected chi connectivity index (χ0v) is 16.1. The van der Waals surface area contributed by atoms with Gasteiger partial charge in [0.25, 0.3) is 0 Å². The molecule has 0 aliphatic heterocycles. The third-order valence-electron chi connectivity index (χ3n) is 5.39. The maximum Gasteiger partial charge on any atom is 0.157 e. The number of benzene rings is 1. The monoisotopic (exact) mass is 334 g/mol. The maximum atomic E-state index is 9.66. The summed E-state index contributed by atoms with van der Waals surface area (Å²) >= 11 is 0. The highest BCUT2D eigenvalue weighted by molar-refractivity contribution is 5.40. The van der Waals surface area contributed by atoms with Crippen molar-refractivity contribution in [1.29, 1.82) is 0 Å². The van der Waals surface area contributed by atoms with Gasteiger partial charge < -0.3 is 10.2 Å². The van der Waals surface area contributed by atoms with Gasteiger partial charge in [0, 0.05) is 0 Å². The summed E-state index contributed by atoms with van der Waals surface area (Å²) in [6.45, 7) is 6.89. The second-order valence-corrected chi connectivity index (χ2v) is 7.49. The van der Waals surface area contributed by atoms with Crippen molar-refractivity contribution in [2.75, 3.05) is 0 Å². The molecule has 0 unspecified atom stereocenters. The molecule has 0 aromatic heterocycles. The fourth-order valence-corrected chi connectivity index (χ4v) is 3.80. The van der Waals surface area contributed by atoms with Crippen molar-refractivity contribution in [2.24, 2.45) is 5.41 Å². The molecule has 1 rings (SSSR count). The smallest absolute Gasteiger partial charge is 0.157 e. The molecule has 1 aromatic rings. The minimum Gasteiger partial charge on any atom is -0.504 e. The molecular weight excluding hydrogens is 296 g/mol. The molecule has 0 aliphatic rings. The lowest BCUT2D eigenvalue weighted by atomic mass is 9.71. The van der Waals surface area contributed by atoms with E-state index in [9.17, 15) is 10.2 Å². The van der Waals surface area contributed by atoms with Crippen molar-refractivity contribution in [1.82, 2.24) is 0 Å². The van der Waals surface area contributed by atoms with Crippen LogP contribution < -0.4 is 0 Å². The standard InChI is InChI=1S/C22H38O2/c1-4-7-14-22(15-8-5-2,16-9-6-3)17-10-11-19-12-13-20(23)21(24)18-19/h12-13,18,23-24H,4-11,14-17H2,1-3H3. The zero-order chi connectivity index (χ0) is 17.8. The van der Waals surface area contributed by atoms with Crippen LogP contribution in [0, 0.1) is 5.41 Å². The molecule has 2 nitrogen and oxygen atoms in total. The predicted molar refractivity (Wildman–Crippen MR) is 104 cm³/mol. The molecule has 24 heavy (non-hydrogen) atoms. The van der Waals surface area contributed by atoms with Crippen LogP contribution in [0.4, 0.5) is 0 Å². The molecule has 2 N–H and O–H groups in total. The Morgan fingerprint density at radius 1 is 0.708 bits per heavy atom. The van der Waals surface area contributed by atoms with E-state index in [0.717, 1.165) is 12.0 Å². The summed E-state index contributed by atoms with van der Waals surface area (Å²) in [4.78, 5) is 0. The Morgan fingerprint density at radius 3 is 1.67 bits per heavy atom. The van der Waals surface area contributed by atoms with E-state index in [1.54, 1.807) is 12.1 Å². The van der Waals surface area contributed by atoms with Crippen molar-refractivity contribution in [3.63, 3.8) is 0 Å². The van der Waals surface area contributed by atoms with Gasteiger partial charge in [-0.25, -0.2) is 0 Å². The van der Waals surface area contributed by atoms with Crippen molar-refractivity contribution in [3.05, 3.63) is 23.8 Å². The number of phenolic OH excluding ortho intramolecular Hbond substituents is 2. The number of aryl methyl sites for hydroxylation is 1. The molecular formula is C22H38O2. The minimum atomic E-state index is -0.0260. The Kier molecular flexibility index (Phi) is 9.90. The number of unbranched alkanes of at least 4 members (excludes halogenated alkanes) is 3. The van der Waals surface area contributed by atoms with Gasteiger partial charge in [-0.3, -0.25) is 0 Å². The summed E-state index contributed by atoms with van der Waals surface area (Å²) < 4.78 is 0. The fourth-order valence-electron chi connectivity index (χ4n) is 3.80. The van der Waals surface area contributed by atoms with E-state index in [0.29, 0.717) is 5.41 Å². The van der Waals surface area contributed by atoms with Crippen LogP contribution in [-0.4, -0.2) is 10.2 Å². The van der Waals surface area contributed by atoms with Crippen LogP contribution in [-0.2, 0) is 6.42 Å². The van der Waals surface area contributed by atoms with Crippen molar-refractivity contribution in [3.8, 4) is 11.5 Å². The van der Waals surface area contributed by atoms with Crippen LogP contribution in [0.2, 0.25) is 0 Å². The van der Waals surface area contributed by atoms with Gasteiger partial charge in [0.15, 0.2) is 11.5 Å². The summed E-state index contributed by atoms with van der Waals surface area (Å²) in [6.07, 6.45) is 15.4. The predicted octanol–water partition coefficient (Wildman–Crippen LogP) is 6.98. The normalized spacial score (nSPS) is 11.8. The second-order valence-electron chi connectivity index (χ2n) is 7.49. The van der Waals surface area contributed by atoms with E-state index in [-0.39, 0.29) is 11.5 Å². The Balaban J connectivity index is 2.67. The molecule has 0 fully saturated rings. The summed E-state index contributed by atoms with van der Waals surface area (Å²) in [5, 5.41) is 19.1. The molecule has 0 aliphatic carbocycles. The molecule has 2 heteroatoms. The first kappa shape index (κ1) is 20.9. The topological polar surface area (TPSA) is 40.5 Å². The first-order valence-corrected chi connectivity index (χ1v) is 10.1. The van der Waals surface area contributed by atoms with E-state index in [2.05, 4.69) is 20.8 Å². The van der Waals surface area contributed by atoms with E-state index in [1.165, 1.54) is 70.6 Å². The zero-order valence-electron chi connectivity index (χ0n) is 16.1. The molecule has 0 atom stereocenters. The van der Waals surface area contributed by atoms with Gasteiger partial charge >= 0.3 is 0 Å². The minimum absolute atomic E-state index is 0.00159. The molecule has 0 radical (unpaired) electrons. The third-order valence-corrected chi connectivity index (χ3v) is 5.39. The largest absolute Gasteiger partial charge is 0.504 e. The highest BCUT2D eigenvalue weighted by atomic mass is 16.3. The van der Waals surface area contributed by atoms with Gasteiger partial charge in [-0.15, -0.1) is 0 Å². The van der Waals surface area contributed by atoms with E-state index >= 15 is 0 Å². The molecule has 0 bridgehead atoms. The van der Waals surface area contributed by atoms with Gasteiger partial charge in [-0.2, -0.15) is 0 Å². The van der Waals surface area contributed by atoms with Crippen LogP contribution in [0.1, 0.15) is 97.0 Å². The molecule has 0 saturated carbocycles. The maximum absolute atomic E-state index is 9.66. The molecule has 0 heterocycles. The van der Waals surface area contributed by atoms with Crippen molar-refractivity contribution < 1.29 is 10.2 Å². The quantitative estimate of drug-likeness (QED) is 0.382. The van der Waals surface area contributed by atoms with Crippen LogP contribution in [0.25, 0.3) is 0 Å². The molecule has 0 spiro atoms. The van der Waals surface area contributed by atoms with E-state index in [1.807, 2.05) is 6.07 Å². The van der Waals surface area contributed by atoms with Gasteiger partial charge in [-0.1, -0.05) is 65.4 Å². The molecule has 1 aromatic carbocycles. The lowest BCUT2D eigenvalue weighted by Crippen LogP contribution is -2.21. The first-order valence-electron chi connectivity index (χ1n) is 10.1. The molecule has 0 saturated heterocycles. The highest BCUT2D eigenvalue weighted by Gasteiger charge is 2.27. The number of hydrogen-bond donors (Lipinski definition) is 2. The summed E-state index contributed by atoms with van der Waals surface area (Å²) in [7, 11) is 0. The Hall–Kier alpha value is -1.18. The Labute approximate surface area is 149 Å². The SMILES string of the molecule is CCCCC(CCCC)(CCCC)CCCc1ccc(O)c(O)c1. The number of rotatable bonds is 13. The van der Waals surface area contributed by atoms with Crippen molar-refractivity contribution in [2.45, 2.75) is 97.8 Å². The van der Waals surface area contributed by atoms with Gasteiger partial charge in [0.2, 0.25) is 0 Å². The average Bonchev–Trinajstić information content (AvgIpc) is 2.59. The summed E-state index contributed by atoms with van der Waals surface area (Å²) in [5.74, 6) is -0.0244. The van der Waals surface area contributed by atoms with Crippen LogP contribution in [0.3, 0.4) is 0 Å². The lowest BCUT2D eigenvalue weighted by molar-refractivity contribution is 0.178. The summed E-state index contributed by atoms with van der Waals surface area (Å²) in [6, 6.07) is 5.24. The average molecular weight is 335 g/mol. The summed E-state index contributed by atoms with van der Waals surface area (Å²) in [5.41, 5.74) is 1.64. The Morgan fingerprint density at radius 2 is 1.21 bits per heavy atom. The van der Waals surface area contributed by atoms with E-state index in [4.69, 9.17) is 0 Å². The highest BCUT2D eigenvalue weighted by Crippen LogP contribution is 2.41. The van der Waals surface area contributed by atoms with Gasteiger partial charge in [-0.05, 0) is 61.6 Å². The second kappa shape index (κ2) is 11.4. The van der Waals surface area contributed by atoms with Gasteiger partial charge in [0.1, 0.15) is 0 Å². The number of aromatic hydroxyl groups is 2. The van der Waals surface area contributed by atoms with Crippen LogP contribution >= 0.6 is 0 Å². The van der Waals surface area contributed by atoms with Gasteiger partial charge in [0.05, 0.1) is 0 Å². The third kappa shape index (κ3) is 7.15. The van der Waals surface area contributed by atoms with E-state index < -0.39 is 0 Å². The molecule has 0 amide bonds. The van der Waals surface area contributed by atoms with Crippen LogP contribution in [0.5, 0.6) is 11.5 Å².